The van der Waals surface area contributed by atoms with Crippen molar-refractivity contribution in [2.75, 3.05) is 0 Å². The number of aliphatic hydroxyl groups is 1. The van der Waals surface area contributed by atoms with E-state index in [4.69, 9.17) is 5.11 Å². The van der Waals surface area contributed by atoms with E-state index in [1.807, 2.05) is 0 Å². The maximum atomic E-state index is 7.22. The largest absolute Gasteiger partial charge is 0.566 e. The van der Waals surface area contributed by atoms with E-state index >= 15 is 0 Å². The maximum absolute atomic E-state index is 7.22. The molecule has 0 amide bonds. The Kier molecular flexibility index (Phi) is 20.0. The van der Waals surface area contributed by atoms with Gasteiger partial charge >= 0.3 is 0 Å². The molecule has 1 N–H and O–H groups in total. The van der Waals surface area contributed by atoms with Crippen molar-refractivity contribution in [3.05, 3.63) is 13.5 Å². The third kappa shape index (κ3) is 11.9. The minimum absolute atomic E-state index is 0. The van der Waals surface area contributed by atoms with Crippen molar-refractivity contribution in [1.82, 2.24) is 0 Å². The molecular formula is C2H3OU-. The summed E-state index contributed by atoms with van der Waals surface area (Å²) in [5, 5.41) is 7.22. The maximum Gasteiger partial charge on any atom is 0 e. The number of rotatable bonds is 0. The fourth-order valence-corrected chi connectivity index (χ4v) is 0. The number of hydrogen-bond donors (Lipinski definition) is 1. The van der Waals surface area contributed by atoms with E-state index in [2.05, 4.69) is 6.92 Å². The Morgan fingerprint density at radius 3 is 1.75 bits per heavy atom. The molecule has 0 fully saturated rings. The zero-order chi connectivity index (χ0) is 2.71. The van der Waals surface area contributed by atoms with Crippen LogP contribution in [0.3, 0.4) is 0 Å². The Bertz CT molecular complexity index is 6.00. The molecule has 0 bridgehead atoms. The Morgan fingerprint density at radius 1 is 1.75 bits per heavy atom. The summed E-state index contributed by atoms with van der Waals surface area (Å²) < 4.78 is 0. The summed E-state index contributed by atoms with van der Waals surface area (Å²) in [5.74, 6) is 0. The van der Waals surface area contributed by atoms with Crippen LogP contribution in [0.15, 0.2) is 0 Å². The van der Waals surface area contributed by atoms with Gasteiger partial charge in [-0.2, -0.15) is 6.92 Å². The third-order valence-electron chi connectivity index (χ3n) is 0. The van der Waals surface area contributed by atoms with Gasteiger partial charge in [0.15, 0.2) is 0 Å². The smallest absolute Gasteiger partial charge is 0 e. The topological polar surface area (TPSA) is 20.2 Å². The summed E-state index contributed by atoms with van der Waals surface area (Å²) in [6.07, 6.45) is 0. The zero-order valence-corrected chi connectivity index (χ0v) is 6.27. The first-order valence-electron chi connectivity index (χ1n) is 0.592. The summed E-state index contributed by atoms with van der Waals surface area (Å²) in [6, 6.07) is 0. The van der Waals surface area contributed by atoms with Gasteiger partial charge in [-0.25, -0.2) is 6.61 Å². The molecule has 1 nitrogen and oxygen atoms in total. The molecule has 0 aliphatic carbocycles. The van der Waals surface area contributed by atoms with Gasteiger partial charge in [0.1, 0.15) is 0 Å². The molecule has 2 radical (unpaired) electrons. The van der Waals surface area contributed by atoms with Gasteiger partial charge in [-0.1, -0.05) is 0 Å². The molecule has 2 heteroatoms. The van der Waals surface area contributed by atoms with E-state index in [0.717, 1.165) is 0 Å². The molecule has 0 aromatic rings. The van der Waals surface area contributed by atoms with Crippen molar-refractivity contribution in [2.45, 2.75) is 0 Å². The second kappa shape index (κ2) is 8.99. The quantitative estimate of drug-likeness (QED) is 0.630. The van der Waals surface area contributed by atoms with Crippen LogP contribution in [0.2, 0.25) is 0 Å². The first-order valence-corrected chi connectivity index (χ1v) is 0.592. The molecule has 0 spiro atoms. The van der Waals surface area contributed by atoms with Crippen LogP contribution in [0, 0.1) is 44.6 Å². The standard InChI is InChI=1S/C2H3O.U/c1-2-3;/h1-3H;/q-1;. The molecule has 0 aliphatic heterocycles. The van der Waals surface area contributed by atoms with Gasteiger partial charge in [0.05, 0.1) is 0 Å². The van der Waals surface area contributed by atoms with E-state index in [1.54, 1.807) is 0 Å². The van der Waals surface area contributed by atoms with Crippen LogP contribution in [-0.4, -0.2) is 5.11 Å². The minimum Gasteiger partial charge on any atom is -0.566 e. The molecule has 0 rings (SSSR count). The van der Waals surface area contributed by atoms with Gasteiger partial charge in [-0.15, -0.1) is 0 Å². The Hall–Kier alpha value is 1.01. The molecule has 0 saturated heterocycles. The molecule has 0 heterocycles. The predicted molar refractivity (Wildman–Crippen MR) is 10.5 cm³/mol. The summed E-state index contributed by atoms with van der Waals surface area (Å²) in [7, 11) is 0. The summed E-state index contributed by atoms with van der Waals surface area (Å²) in [6.45, 7) is 4.78. The van der Waals surface area contributed by atoms with Gasteiger partial charge in [-0.3, -0.25) is 0 Å². The van der Waals surface area contributed by atoms with E-state index in [0.29, 0.717) is 6.61 Å². The van der Waals surface area contributed by atoms with Crippen molar-refractivity contribution in [3.63, 3.8) is 0 Å². The van der Waals surface area contributed by atoms with Crippen LogP contribution < -0.4 is 0 Å². The van der Waals surface area contributed by atoms with Crippen molar-refractivity contribution in [3.8, 4) is 0 Å². The van der Waals surface area contributed by atoms with E-state index in [9.17, 15) is 0 Å². The summed E-state index contributed by atoms with van der Waals surface area (Å²) >= 11 is 0. The monoisotopic (exact) mass is 281 g/mol. The summed E-state index contributed by atoms with van der Waals surface area (Å²) in [4.78, 5) is 0. The summed E-state index contributed by atoms with van der Waals surface area (Å²) in [5.41, 5.74) is 0. The van der Waals surface area contributed by atoms with Crippen molar-refractivity contribution in [2.24, 2.45) is 0 Å². The van der Waals surface area contributed by atoms with Gasteiger partial charge < -0.3 is 5.11 Å². The molecule has 0 aromatic carbocycles. The molecule has 0 saturated carbocycles. The molecule has 0 unspecified atom stereocenters. The first-order chi connectivity index (χ1) is 1.41. The Balaban J connectivity index is 0. The fourth-order valence-electron chi connectivity index (χ4n) is 0. The normalized spacial score (nSPS) is 4.50. The van der Waals surface area contributed by atoms with Crippen LogP contribution in [0.25, 0.3) is 0 Å². The van der Waals surface area contributed by atoms with Crippen LogP contribution in [0.1, 0.15) is 0 Å². The minimum atomic E-state index is 0. The molecule has 22 valence electrons. The fraction of sp³-hybridized carbons (Fsp3) is 0. The van der Waals surface area contributed by atoms with Crippen molar-refractivity contribution in [1.29, 1.82) is 0 Å². The van der Waals surface area contributed by atoms with Crippen molar-refractivity contribution < 1.29 is 36.2 Å². The number of aliphatic hydroxyl groups excluding tert-OH is 1. The second-order valence-electron chi connectivity index (χ2n) is 0.149. The van der Waals surface area contributed by atoms with Gasteiger partial charge in [0.25, 0.3) is 0 Å². The average molecular weight is 281 g/mol. The average Bonchev–Trinajstić information content (AvgIpc) is 0.918. The van der Waals surface area contributed by atoms with Gasteiger partial charge in [-0.05, 0) is 0 Å². The second-order valence-corrected chi connectivity index (χ2v) is 0.149. The van der Waals surface area contributed by atoms with Crippen LogP contribution >= 0.6 is 0 Å². The third-order valence-corrected chi connectivity index (χ3v) is 0. The Morgan fingerprint density at radius 2 is 1.75 bits per heavy atom. The molecular weight excluding hydrogens is 278 g/mol. The van der Waals surface area contributed by atoms with Gasteiger partial charge in [0, 0.05) is 31.1 Å². The van der Waals surface area contributed by atoms with E-state index in [-0.39, 0.29) is 31.1 Å². The van der Waals surface area contributed by atoms with Crippen LogP contribution in [-0.2, 0) is 0 Å². The molecule has 0 aliphatic rings. The molecule has 4 heavy (non-hydrogen) atoms. The first kappa shape index (κ1) is 8.89. The predicted octanol–water partition coefficient (Wildman–Crippen LogP) is 0.232. The van der Waals surface area contributed by atoms with E-state index < -0.39 is 0 Å². The van der Waals surface area contributed by atoms with Gasteiger partial charge in [0.2, 0.25) is 0 Å². The molecule has 0 aromatic heterocycles. The van der Waals surface area contributed by atoms with Crippen LogP contribution in [0.4, 0.5) is 0 Å². The van der Waals surface area contributed by atoms with Crippen LogP contribution in [0.5, 0.6) is 0 Å². The molecule has 0 atom stereocenters. The van der Waals surface area contributed by atoms with Crippen molar-refractivity contribution >= 4 is 0 Å². The Labute approximate surface area is 49.8 Å². The SMILES string of the molecule is [CH][CH-]O.[U]. The van der Waals surface area contributed by atoms with E-state index in [1.165, 1.54) is 0 Å². The number of hydrogen-bond acceptors (Lipinski definition) is 1. The zero-order valence-electron chi connectivity index (χ0n) is 2.10.